The summed E-state index contributed by atoms with van der Waals surface area (Å²) in [4.78, 5) is 26.6. The highest BCUT2D eigenvalue weighted by atomic mass is 16.2. The normalized spacial score (nSPS) is 16.2. The van der Waals surface area contributed by atoms with E-state index in [1.54, 1.807) is 0 Å². The first-order chi connectivity index (χ1) is 12.6. The van der Waals surface area contributed by atoms with E-state index in [1.807, 2.05) is 35.2 Å². The molecule has 1 aliphatic rings. The third kappa shape index (κ3) is 6.70. The molecule has 0 saturated carbocycles. The molecule has 1 fully saturated rings. The van der Waals surface area contributed by atoms with Gasteiger partial charge in [-0.15, -0.1) is 0 Å². The average molecular weight is 360 g/mol. The molecule has 2 N–H and O–H groups in total. The molecule has 26 heavy (non-hydrogen) atoms. The zero-order valence-corrected chi connectivity index (χ0v) is 16.2. The van der Waals surface area contributed by atoms with Gasteiger partial charge < -0.3 is 15.5 Å². The second-order valence-corrected chi connectivity index (χ2v) is 7.32. The van der Waals surface area contributed by atoms with E-state index < -0.39 is 0 Å². The number of anilines is 1. The standard InChI is InChI=1S/C21H33N3O2/c1-3-4-5-7-10-17(2)22-21(26)24-15-13-18(14-16-24)20(25)23-19-11-8-6-9-12-19/h6,8-9,11-12,17-18H,3-5,7,10,13-16H2,1-2H3,(H,22,26)(H,23,25). The molecular weight excluding hydrogens is 326 g/mol. The summed E-state index contributed by atoms with van der Waals surface area (Å²) < 4.78 is 0. The van der Waals surface area contributed by atoms with E-state index in [-0.39, 0.29) is 23.9 Å². The lowest BCUT2D eigenvalue weighted by atomic mass is 9.96. The Morgan fingerprint density at radius 2 is 1.81 bits per heavy atom. The summed E-state index contributed by atoms with van der Waals surface area (Å²) in [6.07, 6.45) is 7.36. The molecule has 1 unspecified atom stereocenters. The molecule has 5 heteroatoms. The number of hydrogen-bond donors (Lipinski definition) is 2. The number of unbranched alkanes of at least 4 members (excludes halogenated alkanes) is 3. The Morgan fingerprint density at radius 1 is 1.12 bits per heavy atom. The second-order valence-electron chi connectivity index (χ2n) is 7.32. The summed E-state index contributed by atoms with van der Waals surface area (Å²) in [5, 5.41) is 6.06. The maximum absolute atomic E-state index is 12.4. The van der Waals surface area contributed by atoms with Crippen LogP contribution in [0.3, 0.4) is 0 Å². The van der Waals surface area contributed by atoms with Crippen molar-refractivity contribution in [1.29, 1.82) is 0 Å². The van der Waals surface area contributed by atoms with E-state index >= 15 is 0 Å². The number of likely N-dealkylation sites (tertiary alicyclic amines) is 1. The molecule has 0 spiro atoms. The first-order valence-electron chi connectivity index (χ1n) is 10.0. The van der Waals surface area contributed by atoms with Gasteiger partial charge in [0.1, 0.15) is 0 Å². The first-order valence-corrected chi connectivity index (χ1v) is 10.0. The number of nitrogens with zero attached hydrogens (tertiary/aromatic N) is 1. The fraction of sp³-hybridized carbons (Fsp3) is 0.619. The third-order valence-electron chi connectivity index (χ3n) is 5.05. The van der Waals surface area contributed by atoms with Gasteiger partial charge in [0.05, 0.1) is 0 Å². The van der Waals surface area contributed by atoms with E-state index in [4.69, 9.17) is 0 Å². The number of carbonyl (C=O) groups is 2. The molecule has 1 aromatic carbocycles. The van der Waals surface area contributed by atoms with Crippen LogP contribution in [0.25, 0.3) is 0 Å². The van der Waals surface area contributed by atoms with Crippen LogP contribution < -0.4 is 10.6 Å². The van der Waals surface area contributed by atoms with Gasteiger partial charge in [-0.05, 0) is 38.3 Å². The largest absolute Gasteiger partial charge is 0.336 e. The minimum absolute atomic E-state index is 0.00918. The molecule has 3 amide bonds. The van der Waals surface area contributed by atoms with E-state index in [9.17, 15) is 9.59 Å². The Morgan fingerprint density at radius 3 is 2.46 bits per heavy atom. The molecule has 0 radical (unpaired) electrons. The summed E-state index contributed by atoms with van der Waals surface area (Å²) in [5.41, 5.74) is 0.828. The molecule has 5 nitrogen and oxygen atoms in total. The summed E-state index contributed by atoms with van der Waals surface area (Å²) >= 11 is 0. The quantitative estimate of drug-likeness (QED) is 0.676. The lowest BCUT2D eigenvalue weighted by Crippen LogP contribution is -2.48. The number of hydrogen-bond acceptors (Lipinski definition) is 2. The highest BCUT2D eigenvalue weighted by Gasteiger charge is 2.27. The van der Waals surface area contributed by atoms with Gasteiger partial charge in [0.2, 0.25) is 5.91 Å². The van der Waals surface area contributed by atoms with Gasteiger partial charge in [0, 0.05) is 30.7 Å². The van der Waals surface area contributed by atoms with E-state index in [0.29, 0.717) is 13.1 Å². The van der Waals surface area contributed by atoms with Gasteiger partial charge in [-0.3, -0.25) is 4.79 Å². The maximum Gasteiger partial charge on any atom is 0.317 e. The van der Waals surface area contributed by atoms with Crippen molar-refractivity contribution in [1.82, 2.24) is 10.2 Å². The van der Waals surface area contributed by atoms with Crippen LogP contribution in [-0.2, 0) is 4.79 Å². The molecule has 1 heterocycles. The highest BCUT2D eigenvalue weighted by Crippen LogP contribution is 2.19. The van der Waals surface area contributed by atoms with Gasteiger partial charge >= 0.3 is 6.03 Å². The summed E-state index contributed by atoms with van der Waals surface area (Å²) in [6, 6.07) is 9.74. The third-order valence-corrected chi connectivity index (χ3v) is 5.05. The Labute approximate surface area is 157 Å². The van der Waals surface area contributed by atoms with Crippen molar-refractivity contribution in [2.75, 3.05) is 18.4 Å². The zero-order valence-electron chi connectivity index (χ0n) is 16.2. The Balaban J connectivity index is 1.68. The number of piperidine rings is 1. The van der Waals surface area contributed by atoms with Crippen LogP contribution in [0.1, 0.15) is 58.8 Å². The van der Waals surface area contributed by atoms with Crippen molar-refractivity contribution in [2.24, 2.45) is 5.92 Å². The topological polar surface area (TPSA) is 61.4 Å². The van der Waals surface area contributed by atoms with Gasteiger partial charge in [-0.1, -0.05) is 50.8 Å². The lowest BCUT2D eigenvalue weighted by molar-refractivity contribution is -0.121. The predicted octanol–water partition coefficient (Wildman–Crippen LogP) is 4.41. The van der Waals surface area contributed by atoms with E-state index in [0.717, 1.165) is 31.4 Å². The van der Waals surface area contributed by atoms with Crippen LogP contribution in [0.5, 0.6) is 0 Å². The van der Waals surface area contributed by atoms with Crippen LogP contribution in [-0.4, -0.2) is 36.0 Å². The Kier molecular flexibility index (Phi) is 8.45. The van der Waals surface area contributed by atoms with Crippen molar-refractivity contribution in [3.05, 3.63) is 30.3 Å². The van der Waals surface area contributed by atoms with Crippen LogP contribution in [0, 0.1) is 5.92 Å². The number of benzene rings is 1. The fourth-order valence-electron chi connectivity index (χ4n) is 3.36. The van der Waals surface area contributed by atoms with Crippen molar-refractivity contribution in [2.45, 2.75) is 64.8 Å². The molecule has 1 atom stereocenters. The molecule has 1 aliphatic heterocycles. The van der Waals surface area contributed by atoms with E-state index in [1.165, 1.54) is 19.3 Å². The van der Waals surface area contributed by atoms with Crippen molar-refractivity contribution in [3.8, 4) is 0 Å². The molecular formula is C21H33N3O2. The zero-order chi connectivity index (χ0) is 18.8. The molecule has 2 rings (SSSR count). The smallest absolute Gasteiger partial charge is 0.317 e. The first kappa shape index (κ1) is 20.3. The molecule has 0 aromatic heterocycles. The van der Waals surface area contributed by atoms with Crippen molar-refractivity contribution >= 4 is 17.6 Å². The van der Waals surface area contributed by atoms with Crippen LogP contribution in [0.4, 0.5) is 10.5 Å². The van der Waals surface area contributed by atoms with Crippen LogP contribution >= 0.6 is 0 Å². The SMILES string of the molecule is CCCCCCC(C)NC(=O)N1CCC(C(=O)Nc2ccccc2)CC1. The number of para-hydroxylation sites is 1. The number of urea groups is 1. The minimum atomic E-state index is -0.0225. The van der Waals surface area contributed by atoms with Crippen LogP contribution in [0.15, 0.2) is 30.3 Å². The molecule has 1 aromatic rings. The lowest BCUT2D eigenvalue weighted by Gasteiger charge is -2.32. The summed E-state index contributed by atoms with van der Waals surface area (Å²) in [7, 11) is 0. The number of nitrogens with one attached hydrogen (secondary N) is 2. The molecule has 0 aliphatic carbocycles. The van der Waals surface area contributed by atoms with Crippen molar-refractivity contribution in [3.63, 3.8) is 0 Å². The summed E-state index contributed by atoms with van der Waals surface area (Å²) in [6.45, 7) is 5.56. The number of carbonyl (C=O) groups excluding carboxylic acids is 2. The van der Waals surface area contributed by atoms with Gasteiger partial charge in [-0.25, -0.2) is 4.79 Å². The predicted molar refractivity (Wildman–Crippen MR) is 106 cm³/mol. The second kappa shape index (κ2) is 10.8. The van der Waals surface area contributed by atoms with Crippen LogP contribution in [0.2, 0.25) is 0 Å². The monoisotopic (exact) mass is 359 g/mol. The highest BCUT2D eigenvalue weighted by molar-refractivity contribution is 5.92. The van der Waals surface area contributed by atoms with Gasteiger partial charge in [-0.2, -0.15) is 0 Å². The maximum atomic E-state index is 12.4. The number of rotatable bonds is 8. The fourth-order valence-corrected chi connectivity index (χ4v) is 3.36. The van der Waals surface area contributed by atoms with E-state index in [2.05, 4.69) is 24.5 Å². The Hall–Kier alpha value is -2.04. The summed E-state index contributed by atoms with van der Waals surface area (Å²) in [5.74, 6) is 0.0336. The minimum Gasteiger partial charge on any atom is -0.336 e. The molecule has 1 saturated heterocycles. The van der Waals surface area contributed by atoms with Gasteiger partial charge in [0.25, 0.3) is 0 Å². The molecule has 0 bridgehead atoms. The average Bonchev–Trinajstić information content (AvgIpc) is 2.66. The van der Waals surface area contributed by atoms with Gasteiger partial charge in [0.15, 0.2) is 0 Å². The van der Waals surface area contributed by atoms with Crippen molar-refractivity contribution < 1.29 is 9.59 Å². The molecule has 144 valence electrons. The number of amides is 3. The Bertz CT molecular complexity index is 554.